The van der Waals surface area contributed by atoms with Gasteiger partial charge in [-0.1, -0.05) is 0 Å². The predicted octanol–water partition coefficient (Wildman–Crippen LogP) is 0.121. The Labute approximate surface area is 132 Å². The molecule has 3 N–H and O–H groups in total. The van der Waals surface area contributed by atoms with E-state index in [2.05, 4.69) is 15.0 Å². The molecule has 2 fully saturated rings. The third-order valence-corrected chi connectivity index (χ3v) is 6.00. The maximum atomic E-state index is 10.6. The molecule has 0 amide bonds. The van der Waals surface area contributed by atoms with Crippen LogP contribution in [0.25, 0.3) is 11.2 Å². The fourth-order valence-corrected chi connectivity index (χ4v) is 4.20. The summed E-state index contributed by atoms with van der Waals surface area (Å²) in [4.78, 5) is 12.3. The SMILES string of the molecule is CO[P+]1(C)OCC2OC(n3cnc4c(N)ncnc43)C(O)C2O1. The van der Waals surface area contributed by atoms with Crippen LogP contribution in [0.2, 0.25) is 0 Å². The largest absolute Gasteiger partial charge is 0.408 e. The van der Waals surface area contributed by atoms with Crippen LogP contribution in [-0.2, 0) is 18.3 Å². The molecule has 0 radical (unpaired) electrons. The minimum atomic E-state index is -2.42. The molecule has 0 aromatic carbocycles. The normalized spacial score (nSPS) is 37.2. The molecule has 11 heteroatoms. The highest BCUT2D eigenvalue weighted by molar-refractivity contribution is 7.60. The van der Waals surface area contributed by atoms with E-state index in [1.807, 2.05) is 0 Å². The average molecular weight is 342 g/mol. The van der Waals surface area contributed by atoms with Crippen LogP contribution >= 0.6 is 7.94 Å². The lowest BCUT2D eigenvalue weighted by atomic mass is 10.1. The third-order valence-electron chi connectivity index (χ3n) is 4.09. The van der Waals surface area contributed by atoms with Gasteiger partial charge in [0.25, 0.3) is 0 Å². The first-order valence-corrected chi connectivity index (χ1v) is 9.03. The van der Waals surface area contributed by atoms with Crippen molar-refractivity contribution in [3.8, 4) is 0 Å². The van der Waals surface area contributed by atoms with Crippen molar-refractivity contribution >= 4 is 24.9 Å². The first-order chi connectivity index (χ1) is 11.0. The molecule has 0 spiro atoms. The number of nitrogens with zero attached hydrogens (tertiary/aromatic N) is 4. The summed E-state index contributed by atoms with van der Waals surface area (Å²) >= 11 is 0. The number of hydrogen-bond acceptors (Lipinski definition) is 9. The molecule has 2 aromatic rings. The van der Waals surface area contributed by atoms with Crippen LogP contribution in [0.1, 0.15) is 6.23 Å². The van der Waals surface area contributed by atoms with E-state index in [4.69, 9.17) is 24.0 Å². The van der Waals surface area contributed by atoms with Gasteiger partial charge in [0.1, 0.15) is 37.3 Å². The number of hydrogen-bond donors (Lipinski definition) is 2. The zero-order chi connectivity index (χ0) is 16.2. The molecular formula is C12H17N5O5P+. The first-order valence-electron chi connectivity index (χ1n) is 7.04. The van der Waals surface area contributed by atoms with Crippen molar-refractivity contribution < 1.29 is 23.4 Å². The summed E-state index contributed by atoms with van der Waals surface area (Å²) in [6.45, 7) is 2.05. The molecule has 0 aliphatic carbocycles. The summed E-state index contributed by atoms with van der Waals surface area (Å²) in [5.74, 6) is 0.274. The van der Waals surface area contributed by atoms with Gasteiger partial charge in [-0.2, -0.15) is 13.6 Å². The third kappa shape index (κ3) is 2.30. The lowest BCUT2D eigenvalue weighted by Gasteiger charge is -2.29. The van der Waals surface area contributed by atoms with Crippen molar-refractivity contribution in [1.82, 2.24) is 19.5 Å². The standard InChI is InChI=1S/C12H17N5O5P/c1-19-23(2)20-3-6-9(22-23)8(18)12(21-6)17-5-16-7-10(13)14-4-15-11(7)17/h4-6,8-9,12,18H,3H2,1-2H3,(H2,13,14,15)/q+1. The van der Waals surface area contributed by atoms with Crippen LogP contribution in [0.5, 0.6) is 0 Å². The number of rotatable bonds is 2. The van der Waals surface area contributed by atoms with Crippen LogP contribution in [-0.4, -0.2) is 63.3 Å². The number of ether oxygens (including phenoxy) is 1. The Morgan fingerprint density at radius 3 is 3.04 bits per heavy atom. The molecule has 5 atom stereocenters. The molecule has 0 bridgehead atoms. The summed E-state index contributed by atoms with van der Waals surface area (Å²) in [6.07, 6.45) is 0.325. The molecule has 124 valence electrons. The van der Waals surface area contributed by atoms with Crippen molar-refractivity contribution in [2.75, 3.05) is 26.1 Å². The van der Waals surface area contributed by atoms with Crippen LogP contribution in [0.15, 0.2) is 12.7 Å². The number of aliphatic hydroxyl groups excluding tert-OH is 1. The molecule has 10 nitrogen and oxygen atoms in total. The summed E-state index contributed by atoms with van der Waals surface area (Å²) < 4.78 is 24.2. The van der Waals surface area contributed by atoms with E-state index in [9.17, 15) is 5.11 Å². The Kier molecular flexibility index (Phi) is 3.49. The van der Waals surface area contributed by atoms with E-state index in [1.54, 1.807) is 11.2 Å². The monoisotopic (exact) mass is 342 g/mol. The summed E-state index contributed by atoms with van der Waals surface area (Å²) in [5.41, 5.74) is 6.74. The second kappa shape index (κ2) is 5.30. The molecule has 2 aliphatic rings. The van der Waals surface area contributed by atoms with Crippen LogP contribution in [0.3, 0.4) is 0 Å². The molecule has 2 aromatic heterocycles. The van der Waals surface area contributed by atoms with Gasteiger partial charge in [-0.15, -0.1) is 0 Å². The number of imidazole rings is 1. The van der Waals surface area contributed by atoms with Gasteiger partial charge in [0.2, 0.25) is 0 Å². The molecule has 2 aliphatic heterocycles. The summed E-state index contributed by atoms with van der Waals surface area (Å²) in [5, 5.41) is 10.6. The molecule has 2 saturated heterocycles. The van der Waals surface area contributed by atoms with Gasteiger partial charge in [0.05, 0.1) is 13.4 Å². The number of nitrogens with two attached hydrogens (primary N) is 1. The van der Waals surface area contributed by atoms with E-state index in [0.717, 1.165) is 0 Å². The predicted molar refractivity (Wildman–Crippen MR) is 80.3 cm³/mol. The Hall–Kier alpha value is -1.42. The van der Waals surface area contributed by atoms with Gasteiger partial charge >= 0.3 is 7.94 Å². The highest BCUT2D eigenvalue weighted by Crippen LogP contribution is 2.63. The van der Waals surface area contributed by atoms with E-state index in [1.165, 1.54) is 19.8 Å². The zero-order valence-corrected chi connectivity index (χ0v) is 13.5. The molecule has 0 saturated carbocycles. The van der Waals surface area contributed by atoms with Gasteiger partial charge in [-0.3, -0.25) is 4.57 Å². The minimum Gasteiger partial charge on any atom is -0.385 e. The lowest BCUT2D eigenvalue weighted by molar-refractivity contribution is -0.0639. The van der Waals surface area contributed by atoms with Gasteiger partial charge in [-0.05, 0) is 0 Å². The fraction of sp³-hybridized carbons (Fsp3) is 0.583. The lowest BCUT2D eigenvalue weighted by Crippen LogP contribution is -2.40. The number of fused-ring (bicyclic) bond motifs is 2. The Balaban J connectivity index is 1.67. The summed E-state index contributed by atoms with van der Waals surface area (Å²) in [7, 11) is -0.897. The number of anilines is 1. The van der Waals surface area contributed by atoms with Crippen molar-refractivity contribution in [3.63, 3.8) is 0 Å². The van der Waals surface area contributed by atoms with Crippen molar-refractivity contribution in [2.45, 2.75) is 24.5 Å². The average Bonchev–Trinajstić information content (AvgIpc) is 3.10. The van der Waals surface area contributed by atoms with Crippen molar-refractivity contribution in [3.05, 3.63) is 12.7 Å². The van der Waals surface area contributed by atoms with E-state index in [-0.39, 0.29) is 5.82 Å². The van der Waals surface area contributed by atoms with Gasteiger partial charge in [-0.25, -0.2) is 15.0 Å². The van der Waals surface area contributed by atoms with Crippen LogP contribution < -0.4 is 5.73 Å². The second-order valence-electron chi connectivity index (χ2n) is 5.46. The molecule has 23 heavy (non-hydrogen) atoms. The topological polar surface area (TPSA) is 127 Å². The summed E-state index contributed by atoms with van der Waals surface area (Å²) in [6, 6.07) is 0. The van der Waals surface area contributed by atoms with Gasteiger partial charge in [0.15, 0.2) is 23.8 Å². The Morgan fingerprint density at radius 2 is 2.26 bits per heavy atom. The highest BCUT2D eigenvalue weighted by Gasteiger charge is 2.58. The second-order valence-corrected chi connectivity index (χ2v) is 7.84. The Morgan fingerprint density at radius 1 is 1.43 bits per heavy atom. The minimum absolute atomic E-state index is 0.274. The van der Waals surface area contributed by atoms with E-state index < -0.39 is 32.5 Å². The molecule has 5 unspecified atom stereocenters. The number of aliphatic hydroxyl groups is 1. The maximum Gasteiger partial charge on any atom is 0.408 e. The highest BCUT2D eigenvalue weighted by atomic mass is 31.2. The number of aromatic nitrogens is 4. The number of nitrogen functional groups attached to an aromatic ring is 1. The van der Waals surface area contributed by atoms with Gasteiger partial charge in [0, 0.05) is 0 Å². The molecule has 4 rings (SSSR count). The Bertz CT molecular complexity index is 744. The van der Waals surface area contributed by atoms with Crippen molar-refractivity contribution in [1.29, 1.82) is 0 Å². The first kappa shape index (κ1) is 15.1. The zero-order valence-electron chi connectivity index (χ0n) is 12.6. The van der Waals surface area contributed by atoms with Gasteiger partial charge < -0.3 is 15.6 Å². The molecule has 4 heterocycles. The smallest absolute Gasteiger partial charge is 0.385 e. The maximum absolute atomic E-state index is 10.6. The van der Waals surface area contributed by atoms with Crippen LogP contribution in [0, 0.1) is 0 Å². The van der Waals surface area contributed by atoms with E-state index >= 15 is 0 Å². The van der Waals surface area contributed by atoms with Crippen molar-refractivity contribution in [2.24, 2.45) is 0 Å². The van der Waals surface area contributed by atoms with E-state index in [0.29, 0.717) is 17.8 Å². The molecular weight excluding hydrogens is 325 g/mol. The fourth-order valence-electron chi connectivity index (χ4n) is 2.83. The van der Waals surface area contributed by atoms with Crippen LogP contribution in [0.4, 0.5) is 5.82 Å². The quantitative estimate of drug-likeness (QED) is 0.732.